The Morgan fingerprint density at radius 1 is 1.33 bits per heavy atom. The van der Waals surface area contributed by atoms with Crippen LogP contribution in [0.25, 0.3) is 0 Å². The summed E-state index contributed by atoms with van der Waals surface area (Å²) in [7, 11) is 1.79. The summed E-state index contributed by atoms with van der Waals surface area (Å²) in [6.07, 6.45) is 4.31. The number of nitrogens with two attached hydrogens (primary N) is 1. The van der Waals surface area contributed by atoms with Crippen LogP contribution in [0.15, 0.2) is 12.1 Å². The molecule has 1 fully saturated rings. The van der Waals surface area contributed by atoms with Gasteiger partial charge in [-0.15, -0.1) is 0 Å². The van der Waals surface area contributed by atoms with E-state index >= 15 is 0 Å². The van der Waals surface area contributed by atoms with E-state index in [1.807, 2.05) is 6.07 Å². The summed E-state index contributed by atoms with van der Waals surface area (Å²) in [5.74, 6) is 0. The molecule has 0 spiro atoms. The molecule has 18 heavy (non-hydrogen) atoms. The zero-order valence-electron chi connectivity index (χ0n) is 11.4. The minimum absolute atomic E-state index is 0.0124. The predicted octanol–water partition coefficient (Wildman–Crippen LogP) is 3.92. The number of ether oxygens (including phenoxy) is 1. The van der Waals surface area contributed by atoms with Gasteiger partial charge in [0, 0.05) is 18.2 Å². The molecule has 0 saturated heterocycles. The first-order chi connectivity index (χ1) is 8.47. The Hall–Kier alpha value is -0.570. The maximum Gasteiger partial charge on any atom is 0.0696 e. The van der Waals surface area contributed by atoms with E-state index in [0.29, 0.717) is 0 Å². The molecule has 100 valence electrons. The van der Waals surface area contributed by atoms with Crippen molar-refractivity contribution in [2.24, 2.45) is 5.73 Å². The lowest BCUT2D eigenvalue weighted by Crippen LogP contribution is -2.41. The van der Waals surface area contributed by atoms with Crippen LogP contribution >= 0.6 is 11.6 Å². The maximum absolute atomic E-state index is 6.32. The molecule has 1 aromatic rings. The molecule has 0 aromatic heterocycles. The summed E-state index contributed by atoms with van der Waals surface area (Å²) in [4.78, 5) is 0. The van der Waals surface area contributed by atoms with Gasteiger partial charge in [0.1, 0.15) is 0 Å². The molecule has 0 bridgehead atoms. The monoisotopic (exact) mass is 267 g/mol. The van der Waals surface area contributed by atoms with Gasteiger partial charge in [0.2, 0.25) is 0 Å². The van der Waals surface area contributed by atoms with Crippen LogP contribution in [0.4, 0.5) is 0 Å². The lowest BCUT2D eigenvalue weighted by molar-refractivity contribution is -0.0816. The first-order valence-electron chi connectivity index (χ1n) is 6.55. The van der Waals surface area contributed by atoms with Gasteiger partial charge < -0.3 is 10.5 Å². The fourth-order valence-corrected chi connectivity index (χ4v) is 3.02. The van der Waals surface area contributed by atoms with Crippen LogP contribution in [-0.2, 0) is 4.74 Å². The molecule has 1 saturated carbocycles. The summed E-state index contributed by atoms with van der Waals surface area (Å²) >= 11 is 6.31. The third-order valence-corrected chi connectivity index (χ3v) is 4.63. The van der Waals surface area contributed by atoms with Gasteiger partial charge in [0.05, 0.1) is 5.60 Å². The molecule has 2 N–H and O–H groups in total. The maximum atomic E-state index is 6.32. The largest absolute Gasteiger partial charge is 0.378 e. The first-order valence-corrected chi connectivity index (χ1v) is 6.92. The van der Waals surface area contributed by atoms with Gasteiger partial charge in [-0.2, -0.15) is 0 Å². The summed E-state index contributed by atoms with van der Waals surface area (Å²) < 4.78 is 5.64. The van der Waals surface area contributed by atoms with Gasteiger partial charge in [0.15, 0.2) is 0 Å². The normalized spacial score (nSPS) is 19.4. The molecule has 0 aliphatic heterocycles. The number of benzene rings is 1. The van der Waals surface area contributed by atoms with E-state index < -0.39 is 0 Å². The Labute approximate surface area is 114 Å². The molecule has 0 heterocycles. The van der Waals surface area contributed by atoms with Crippen LogP contribution in [0, 0.1) is 13.8 Å². The molecule has 1 aliphatic carbocycles. The number of rotatable bonds is 4. The fourth-order valence-electron chi connectivity index (χ4n) is 2.66. The minimum Gasteiger partial charge on any atom is -0.378 e. The van der Waals surface area contributed by atoms with E-state index in [9.17, 15) is 0 Å². The summed E-state index contributed by atoms with van der Waals surface area (Å²) in [5, 5.41) is 0.774. The van der Waals surface area contributed by atoms with Crippen molar-refractivity contribution in [2.45, 2.75) is 51.2 Å². The number of halogens is 1. The smallest absolute Gasteiger partial charge is 0.0696 e. The molecule has 1 aliphatic rings. The molecule has 1 unspecified atom stereocenters. The van der Waals surface area contributed by atoms with E-state index in [1.54, 1.807) is 7.11 Å². The quantitative estimate of drug-likeness (QED) is 0.898. The Balaban J connectivity index is 2.18. The Bertz CT molecular complexity index is 435. The highest BCUT2D eigenvalue weighted by molar-refractivity contribution is 6.31. The van der Waals surface area contributed by atoms with Crippen LogP contribution < -0.4 is 5.73 Å². The van der Waals surface area contributed by atoms with E-state index in [2.05, 4.69) is 19.9 Å². The van der Waals surface area contributed by atoms with E-state index in [-0.39, 0.29) is 11.6 Å². The topological polar surface area (TPSA) is 35.2 Å². The SMILES string of the molecule is COC1(CC(N)c2cc(C)c(C)cc2Cl)CCC1. The fraction of sp³-hybridized carbons (Fsp3) is 0.600. The van der Waals surface area contributed by atoms with Gasteiger partial charge in [-0.1, -0.05) is 17.7 Å². The number of hydrogen-bond donors (Lipinski definition) is 1. The second kappa shape index (κ2) is 5.20. The molecule has 0 radical (unpaired) electrons. The molecule has 2 nitrogen and oxygen atoms in total. The number of aryl methyl sites for hydroxylation is 2. The van der Waals surface area contributed by atoms with Crippen molar-refractivity contribution in [3.8, 4) is 0 Å². The second-order valence-electron chi connectivity index (χ2n) is 5.51. The highest BCUT2D eigenvalue weighted by atomic mass is 35.5. The van der Waals surface area contributed by atoms with Crippen LogP contribution in [0.3, 0.4) is 0 Å². The zero-order chi connectivity index (χ0) is 13.3. The molecule has 1 aromatic carbocycles. The van der Waals surface area contributed by atoms with Crippen molar-refractivity contribution in [1.82, 2.24) is 0 Å². The van der Waals surface area contributed by atoms with Crippen molar-refractivity contribution in [1.29, 1.82) is 0 Å². The molecular formula is C15H22ClNO. The lowest BCUT2D eigenvalue weighted by Gasteiger charge is -2.42. The Morgan fingerprint density at radius 3 is 2.44 bits per heavy atom. The molecular weight excluding hydrogens is 246 g/mol. The highest BCUT2D eigenvalue weighted by Gasteiger charge is 2.38. The van der Waals surface area contributed by atoms with Crippen LogP contribution in [-0.4, -0.2) is 12.7 Å². The zero-order valence-corrected chi connectivity index (χ0v) is 12.2. The number of methoxy groups -OCH3 is 1. The molecule has 0 amide bonds. The van der Waals surface area contributed by atoms with Crippen molar-refractivity contribution in [3.63, 3.8) is 0 Å². The lowest BCUT2D eigenvalue weighted by atomic mass is 9.75. The summed E-state index contributed by atoms with van der Waals surface area (Å²) in [5.41, 5.74) is 9.80. The average molecular weight is 268 g/mol. The van der Waals surface area contributed by atoms with Crippen LogP contribution in [0.5, 0.6) is 0 Å². The van der Waals surface area contributed by atoms with Gasteiger partial charge in [0.25, 0.3) is 0 Å². The highest BCUT2D eigenvalue weighted by Crippen LogP contribution is 2.42. The second-order valence-corrected chi connectivity index (χ2v) is 5.92. The first kappa shape index (κ1) is 13.9. The van der Waals surface area contributed by atoms with Crippen molar-refractivity contribution >= 4 is 11.6 Å². The van der Waals surface area contributed by atoms with Gasteiger partial charge in [-0.05, 0) is 62.3 Å². The summed E-state index contributed by atoms with van der Waals surface area (Å²) in [6.45, 7) is 4.16. The molecule has 1 atom stereocenters. The van der Waals surface area contributed by atoms with Crippen molar-refractivity contribution in [2.75, 3.05) is 7.11 Å². The van der Waals surface area contributed by atoms with Crippen molar-refractivity contribution < 1.29 is 4.74 Å². The minimum atomic E-state index is -0.0444. The molecule has 2 rings (SSSR count). The standard InChI is InChI=1S/C15H22ClNO/c1-10-7-12(13(16)8-11(10)2)14(17)9-15(18-3)5-4-6-15/h7-8,14H,4-6,9,17H2,1-3H3. The molecule has 3 heteroatoms. The van der Waals surface area contributed by atoms with Crippen LogP contribution in [0.2, 0.25) is 5.02 Å². The Kier molecular flexibility index (Phi) is 4.00. The van der Waals surface area contributed by atoms with E-state index in [0.717, 1.165) is 29.8 Å². The third-order valence-electron chi connectivity index (χ3n) is 4.30. The Morgan fingerprint density at radius 2 is 1.94 bits per heavy atom. The third kappa shape index (κ3) is 2.56. The van der Waals surface area contributed by atoms with Gasteiger partial charge >= 0.3 is 0 Å². The van der Waals surface area contributed by atoms with E-state index in [1.165, 1.54) is 17.5 Å². The van der Waals surface area contributed by atoms with Crippen LogP contribution in [0.1, 0.15) is 48.4 Å². The van der Waals surface area contributed by atoms with Crippen molar-refractivity contribution in [3.05, 3.63) is 33.8 Å². The van der Waals surface area contributed by atoms with Gasteiger partial charge in [-0.25, -0.2) is 0 Å². The summed E-state index contributed by atoms with van der Waals surface area (Å²) in [6, 6.07) is 4.08. The van der Waals surface area contributed by atoms with E-state index in [4.69, 9.17) is 22.1 Å². The number of hydrogen-bond acceptors (Lipinski definition) is 2. The van der Waals surface area contributed by atoms with Gasteiger partial charge in [-0.3, -0.25) is 0 Å². The predicted molar refractivity (Wildman–Crippen MR) is 76.1 cm³/mol. The average Bonchev–Trinajstić information content (AvgIpc) is 2.28.